The Morgan fingerprint density at radius 1 is 1.08 bits per heavy atom. The van der Waals surface area contributed by atoms with Crippen LogP contribution >= 0.6 is 11.8 Å². The van der Waals surface area contributed by atoms with Crippen LogP contribution in [0.3, 0.4) is 0 Å². The second kappa shape index (κ2) is 6.96. The van der Waals surface area contributed by atoms with Gasteiger partial charge in [-0.15, -0.1) is 11.8 Å². The van der Waals surface area contributed by atoms with Gasteiger partial charge >= 0.3 is 0 Å². The van der Waals surface area contributed by atoms with E-state index in [1.807, 2.05) is 11.8 Å². The maximum atomic E-state index is 6.53. The summed E-state index contributed by atoms with van der Waals surface area (Å²) in [5, 5.41) is 0.308. The van der Waals surface area contributed by atoms with E-state index in [0.29, 0.717) is 11.2 Å². The fourth-order valence-electron chi connectivity index (χ4n) is 3.55. The molecule has 0 saturated carbocycles. The molecule has 1 nitrogen and oxygen atoms in total. The Labute approximate surface area is 163 Å². The summed E-state index contributed by atoms with van der Waals surface area (Å²) in [5.74, 6) is 1.72. The monoisotopic (exact) mass is 368 g/mol. The molecule has 0 bridgehead atoms. The van der Waals surface area contributed by atoms with Crippen LogP contribution in [0.25, 0.3) is 0 Å². The molecule has 0 amide bonds. The number of ether oxygens (including phenoxy) is 1. The molecule has 0 radical (unpaired) electrons. The van der Waals surface area contributed by atoms with Crippen LogP contribution in [0, 0.1) is 5.92 Å². The van der Waals surface area contributed by atoms with Crippen LogP contribution in [0.1, 0.15) is 76.0 Å². The molecule has 1 aliphatic heterocycles. The molecule has 0 saturated heterocycles. The Balaban J connectivity index is 2.22. The van der Waals surface area contributed by atoms with Crippen LogP contribution in [-0.4, -0.2) is 4.93 Å². The lowest BCUT2D eigenvalue weighted by molar-refractivity contribution is 0.196. The van der Waals surface area contributed by atoms with E-state index in [-0.39, 0.29) is 10.3 Å². The van der Waals surface area contributed by atoms with Crippen LogP contribution < -0.4 is 4.74 Å². The zero-order valence-corrected chi connectivity index (χ0v) is 18.0. The average molecular weight is 369 g/mol. The first-order chi connectivity index (χ1) is 12.1. The predicted molar refractivity (Wildman–Crippen MR) is 114 cm³/mol. The van der Waals surface area contributed by atoms with Gasteiger partial charge in [0.05, 0.1) is 5.25 Å². The van der Waals surface area contributed by atoms with E-state index in [1.54, 1.807) is 0 Å². The average Bonchev–Trinajstić information content (AvgIpc) is 2.53. The Kier molecular flexibility index (Phi) is 5.18. The van der Waals surface area contributed by atoms with Crippen molar-refractivity contribution in [3.05, 3.63) is 64.7 Å². The third-order valence-electron chi connectivity index (χ3n) is 4.82. The van der Waals surface area contributed by atoms with Gasteiger partial charge in [0.15, 0.2) is 0 Å². The summed E-state index contributed by atoms with van der Waals surface area (Å²) in [6.07, 6.45) is 1.05. The molecule has 3 rings (SSSR count). The van der Waals surface area contributed by atoms with E-state index in [0.717, 1.165) is 12.2 Å². The summed E-state index contributed by atoms with van der Waals surface area (Å²) in [4.78, 5) is -0.234. The summed E-state index contributed by atoms with van der Waals surface area (Å²) in [5.41, 5.74) is 5.58. The highest BCUT2D eigenvalue weighted by Crippen LogP contribution is 2.53. The van der Waals surface area contributed by atoms with Crippen molar-refractivity contribution in [2.75, 3.05) is 0 Å². The van der Waals surface area contributed by atoms with Crippen LogP contribution in [0.15, 0.2) is 42.5 Å². The molecule has 140 valence electrons. The minimum absolute atomic E-state index is 0.125. The third-order valence-corrected chi connectivity index (χ3v) is 6.24. The fraction of sp³-hybridized carbons (Fsp3) is 0.500. The van der Waals surface area contributed by atoms with E-state index >= 15 is 0 Å². The Morgan fingerprint density at radius 3 is 2.31 bits per heavy atom. The summed E-state index contributed by atoms with van der Waals surface area (Å²) in [6, 6.07) is 15.6. The second-order valence-electron chi connectivity index (χ2n) is 9.31. The predicted octanol–water partition coefficient (Wildman–Crippen LogP) is 7.13. The minimum Gasteiger partial charge on any atom is -0.477 e. The standard InChI is InChI=1S/C24H32OS/c1-16(2)13-18-14-19(23(3,4)5)15-20-21(18)25-24(6,7)26-22(20)17-11-9-8-10-12-17/h8-12,14-16,22H,13H2,1-7H3. The van der Waals surface area contributed by atoms with Gasteiger partial charge in [0, 0.05) is 5.56 Å². The molecular weight excluding hydrogens is 336 g/mol. The van der Waals surface area contributed by atoms with Crippen molar-refractivity contribution in [2.24, 2.45) is 5.92 Å². The zero-order valence-electron chi connectivity index (χ0n) is 17.2. The molecule has 1 unspecified atom stereocenters. The van der Waals surface area contributed by atoms with Gasteiger partial charge in [-0.2, -0.15) is 0 Å². The summed E-state index contributed by atoms with van der Waals surface area (Å²) < 4.78 is 6.53. The van der Waals surface area contributed by atoms with Gasteiger partial charge in [-0.3, -0.25) is 0 Å². The van der Waals surface area contributed by atoms with E-state index in [2.05, 4.69) is 90.9 Å². The molecule has 1 heterocycles. The maximum Gasteiger partial charge on any atom is 0.150 e. The van der Waals surface area contributed by atoms with Crippen molar-refractivity contribution >= 4 is 11.8 Å². The topological polar surface area (TPSA) is 9.23 Å². The van der Waals surface area contributed by atoms with Crippen molar-refractivity contribution in [1.29, 1.82) is 0 Å². The molecule has 0 aromatic heterocycles. The first kappa shape index (κ1) is 19.4. The third kappa shape index (κ3) is 4.11. The molecule has 26 heavy (non-hydrogen) atoms. The smallest absolute Gasteiger partial charge is 0.150 e. The van der Waals surface area contributed by atoms with E-state index in [4.69, 9.17) is 4.74 Å². The molecule has 2 aromatic rings. The quantitative estimate of drug-likeness (QED) is 0.569. The van der Waals surface area contributed by atoms with Crippen molar-refractivity contribution in [1.82, 2.24) is 0 Å². The molecule has 2 aromatic carbocycles. The van der Waals surface area contributed by atoms with Gasteiger partial charge in [0.2, 0.25) is 0 Å². The second-order valence-corrected chi connectivity index (χ2v) is 11.0. The largest absolute Gasteiger partial charge is 0.477 e. The van der Waals surface area contributed by atoms with Gasteiger partial charge in [-0.1, -0.05) is 77.1 Å². The molecule has 0 fully saturated rings. The van der Waals surface area contributed by atoms with E-state index in [9.17, 15) is 0 Å². The fourth-order valence-corrected chi connectivity index (χ4v) is 4.84. The first-order valence-corrected chi connectivity index (χ1v) is 10.5. The van der Waals surface area contributed by atoms with Gasteiger partial charge in [-0.25, -0.2) is 0 Å². The number of rotatable bonds is 3. The van der Waals surface area contributed by atoms with E-state index < -0.39 is 0 Å². The Hall–Kier alpha value is -1.41. The van der Waals surface area contributed by atoms with Gasteiger partial charge in [0.25, 0.3) is 0 Å². The number of hydrogen-bond acceptors (Lipinski definition) is 2. The summed E-state index contributed by atoms with van der Waals surface area (Å²) in [6.45, 7) is 15.8. The molecule has 1 aliphatic rings. The van der Waals surface area contributed by atoms with Crippen molar-refractivity contribution < 1.29 is 4.74 Å². The maximum absolute atomic E-state index is 6.53. The summed E-state index contributed by atoms with van der Waals surface area (Å²) in [7, 11) is 0. The minimum atomic E-state index is -0.234. The number of thioether (sulfide) groups is 1. The molecule has 2 heteroatoms. The number of hydrogen-bond donors (Lipinski definition) is 0. The van der Waals surface area contributed by atoms with Gasteiger partial charge in [-0.05, 0) is 48.3 Å². The molecular formula is C24H32OS. The highest BCUT2D eigenvalue weighted by Gasteiger charge is 2.37. The SMILES string of the molecule is CC(C)Cc1cc(C(C)(C)C)cc2c1OC(C)(C)SC2c1ccccc1. The molecule has 0 N–H and O–H groups in total. The molecule has 0 aliphatic carbocycles. The van der Waals surface area contributed by atoms with Crippen molar-refractivity contribution in [3.8, 4) is 5.75 Å². The van der Waals surface area contributed by atoms with Crippen molar-refractivity contribution in [3.63, 3.8) is 0 Å². The number of benzene rings is 2. The zero-order chi connectivity index (χ0) is 19.1. The van der Waals surface area contributed by atoms with Crippen molar-refractivity contribution in [2.45, 2.75) is 70.5 Å². The van der Waals surface area contributed by atoms with Crippen LogP contribution in [0.5, 0.6) is 5.75 Å². The lowest BCUT2D eigenvalue weighted by Gasteiger charge is -2.39. The van der Waals surface area contributed by atoms with E-state index in [1.165, 1.54) is 22.3 Å². The van der Waals surface area contributed by atoms with Gasteiger partial charge < -0.3 is 4.74 Å². The van der Waals surface area contributed by atoms with Crippen LogP contribution in [0.4, 0.5) is 0 Å². The number of fused-ring (bicyclic) bond motifs is 1. The van der Waals surface area contributed by atoms with Crippen LogP contribution in [-0.2, 0) is 11.8 Å². The molecule has 1 atom stereocenters. The lowest BCUT2D eigenvalue weighted by Crippen LogP contribution is -2.31. The highest BCUT2D eigenvalue weighted by molar-refractivity contribution is 8.00. The Morgan fingerprint density at radius 2 is 1.73 bits per heavy atom. The first-order valence-electron chi connectivity index (χ1n) is 9.66. The normalized spacial score (nSPS) is 19.2. The Bertz CT molecular complexity index is 769. The van der Waals surface area contributed by atoms with Gasteiger partial charge in [0.1, 0.15) is 10.7 Å². The lowest BCUT2D eigenvalue weighted by atomic mass is 9.82. The molecule has 0 spiro atoms. The van der Waals surface area contributed by atoms with Crippen LogP contribution in [0.2, 0.25) is 0 Å². The highest BCUT2D eigenvalue weighted by atomic mass is 32.2. The summed E-state index contributed by atoms with van der Waals surface area (Å²) >= 11 is 1.91.